The van der Waals surface area contributed by atoms with Crippen molar-refractivity contribution in [3.8, 4) is 5.75 Å². The first kappa shape index (κ1) is 17.8. The highest BCUT2D eigenvalue weighted by Crippen LogP contribution is 2.29. The van der Waals surface area contributed by atoms with Crippen LogP contribution in [0.15, 0.2) is 24.3 Å². The van der Waals surface area contributed by atoms with E-state index in [1.54, 1.807) is 36.3 Å². The Bertz CT molecular complexity index is 853. The van der Waals surface area contributed by atoms with E-state index >= 15 is 0 Å². The minimum absolute atomic E-state index is 0.0557. The normalized spacial score (nSPS) is 16.5. The van der Waals surface area contributed by atoms with Gasteiger partial charge < -0.3 is 19.7 Å². The molecule has 1 aromatic carbocycles. The molecule has 2 aromatic rings. The van der Waals surface area contributed by atoms with Gasteiger partial charge in [-0.1, -0.05) is 10.6 Å². The second-order valence-corrected chi connectivity index (χ2v) is 6.29. The third-order valence-corrected chi connectivity index (χ3v) is 4.61. The first-order chi connectivity index (χ1) is 12.5. The average molecular weight is 376 g/mol. The molecule has 2 heterocycles. The molecule has 1 saturated heterocycles. The Balaban J connectivity index is 1.71. The van der Waals surface area contributed by atoms with E-state index < -0.39 is 11.9 Å². The molecule has 0 bridgehead atoms. The van der Waals surface area contributed by atoms with Crippen molar-refractivity contribution < 1.29 is 23.9 Å². The minimum atomic E-state index is -0.686. The van der Waals surface area contributed by atoms with Gasteiger partial charge in [-0.2, -0.15) is 0 Å². The first-order valence-electron chi connectivity index (χ1n) is 7.69. The van der Waals surface area contributed by atoms with Gasteiger partial charge in [0, 0.05) is 36.3 Å². The Kier molecular flexibility index (Phi) is 5.12. The predicted octanol–water partition coefficient (Wildman–Crippen LogP) is 1.32. The number of carbonyl (C=O) groups is 3. The number of amides is 2. The molecule has 1 N–H and O–H groups in total. The maximum Gasteiger partial charge on any atom is 0.361 e. The van der Waals surface area contributed by atoms with Crippen LogP contribution in [0.3, 0.4) is 0 Å². The number of benzene rings is 1. The largest absolute Gasteiger partial charge is 0.497 e. The Morgan fingerprint density at radius 2 is 2.15 bits per heavy atom. The summed E-state index contributed by atoms with van der Waals surface area (Å²) in [5.74, 6) is -1.15. The number of aromatic nitrogens is 2. The maximum atomic E-state index is 12.5. The van der Waals surface area contributed by atoms with Crippen LogP contribution in [0.1, 0.15) is 16.9 Å². The lowest BCUT2D eigenvalue weighted by Crippen LogP contribution is -2.28. The molecular weight excluding hydrogens is 360 g/mol. The van der Waals surface area contributed by atoms with Crippen LogP contribution in [-0.4, -0.2) is 48.1 Å². The zero-order valence-electron chi connectivity index (χ0n) is 14.1. The summed E-state index contributed by atoms with van der Waals surface area (Å²) in [6.45, 7) is 0.234. The summed E-state index contributed by atoms with van der Waals surface area (Å²) in [4.78, 5) is 38.0. The molecule has 2 amide bonds. The van der Waals surface area contributed by atoms with Crippen molar-refractivity contribution >= 4 is 40.0 Å². The molecule has 1 aromatic heterocycles. The number of hydrogen-bond donors (Lipinski definition) is 1. The highest BCUT2D eigenvalue weighted by molar-refractivity contribution is 7.10. The summed E-state index contributed by atoms with van der Waals surface area (Å²) < 4.78 is 13.4. The monoisotopic (exact) mass is 376 g/mol. The summed E-state index contributed by atoms with van der Waals surface area (Å²) in [6.07, 6.45) is 0.0723. The smallest absolute Gasteiger partial charge is 0.361 e. The number of carbonyl (C=O) groups excluding carboxylic acids is 3. The molecule has 0 saturated carbocycles. The van der Waals surface area contributed by atoms with E-state index in [0.717, 1.165) is 11.5 Å². The minimum Gasteiger partial charge on any atom is -0.497 e. The second-order valence-electron chi connectivity index (χ2n) is 5.54. The van der Waals surface area contributed by atoms with E-state index in [0.29, 0.717) is 11.4 Å². The van der Waals surface area contributed by atoms with Gasteiger partial charge in [0.25, 0.3) is 0 Å². The molecule has 1 aliphatic rings. The Morgan fingerprint density at radius 1 is 1.35 bits per heavy atom. The van der Waals surface area contributed by atoms with Crippen molar-refractivity contribution in [3.63, 3.8) is 0 Å². The topological polar surface area (TPSA) is 111 Å². The molecule has 1 fully saturated rings. The van der Waals surface area contributed by atoms with Crippen molar-refractivity contribution in [3.05, 3.63) is 30.0 Å². The van der Waals surface area contributed by atoms with Crippen LogP contribution in [0.2, 0.25) is 0 Å². The van der Waals surface area contributed by atoms with Gasteiger partial charge in [0.15, 0.2) is 5.00 Å². The summed E-state index contributed by atoms with van der Waals surface area (Å²) in [5.41, 5.74) is 0.610. The molecule has 10 heteroatoms. The Labute approximate surface area is 153 Å². The van der Waals surface area contributed by atoms with E-state index in [4.69, 9.17) is 4.74 Å². The summed E-state index contributed by atoms with van der Waals surface area (Å²) in [7, 11) is 2.76. The number of rotatable bonds is 5. The van der Waals surface area contributed by atoms with Crippen LogP contribution < -0.4 is 15.0 Å². The fourth-order valence-corrected chi connectivity index (χ4v) is 3.19. The predicted molar refractivity (Wildman–Crippen MR) is 93.3 cm³/mol. The number of hydrogen-bond acceptors (Lipinski definition) is 8. The van der Waals surface area contributed by atoms with E-state index in [1.165, 1.54) is 7.11 Å². The third kappa shape index (κ3) is 3.49. The summed E-state index contributed by atoms with van der Waals surface area (Å²) in [5, 5.41) is 6.47. The quantitative estimate of drug-likeness (QED) is 0.784. The van der Waals surface area contributed by atoms with Gasteiger partial charge in [-0.25, -0.2) is 4.79 Å². The average Bonchev–Trinajstić information content (AvgIpc) is 3.27. The van der Waals surface area contributed by atoms with E-state index in [9.17, 15) is 14.4 Å². The molecule has 1 atom stereocenters. The lowest BCUT2D eigenvalue weighted by atomic mass is 10.1. The molecule has 0 aliphatic carbocycles. The highest BCUT2D eigenvalue weighted by Gasteiger charge is 2.36. The molecule has 0 spiro atoms. The molecule has 26 heavy (non-hydrogen) atoms. The standard InChI is InChI=1S/C16H16N4O5S/c1-24-11-5-3-4-10(7-11)20-8-9(6-12(20)21)14(22)17-15-13(16(23)25-2)18-19-26-15/h3-5,7,9H,6,8H2,1-2H3,(H,17,22)/t9-/m0/s1. The van der Waals surface area contributed by atoms with Crippen molar-refractivity contribution in [2.24, 2.45) is 5.92 Å². The second kappa shape index (κ2) is 7.48. The molecule has 0 radical (unpaired) electrons. The first-order valence-corrected chi connectivity index (χ1v) is 8.46. The van der Waals surface area contributed by atoms with Crippen LogP contribution in [0.25, 0.3) is 0 Å². The number of ether oxygens (including phenoxy) is 2. The van der Waals surface area contributed by atoms with Gasteiger partial charge in [-0.05, 0) is 12.1 Å². The van der Waals surface area contributed by atoms with Gasteiger partial charge in [-0.3, -0.25) is 9.59 Å². The third-order valence-electron chi connectivity index (χ3n) is 3.96. The van der Waals surface area contributed by atoms with Crippen LogP contribution >= 0.6 is 11.5 Å². The van der Waals surface area contributed by atoms with Crippen LogP contribution in [0.5, 0.6) is 5.75 Å². The number of nitrogens with one attached hydrogen (secondary N) is 1. The molecule has 9 nitrogen and oxygen atoms in total. The van der Waals surface area contributed by atoms with Crippen LogP contribution in [0, 0.1) is 5.92 Å². The van der Waals surface area contributed by atoms with Gasteiger partial charge in [0.2, 0.25) is 17.5 Å². The molecule has 136 valence electrons. The van der Waals surface area contributed by atoms with Crippen molar-refractivity contribution in [2.75, 3.05) is 31.0 Å². The fraction of sp³-hybridized carbons (Fsp3) is 0.312. The van der Waals surface area contributed by atoms with E-state index in [2.05, 4.69) is 19.6 Å². The lowest BCUT2D eigenvalue weighted by Gasteiger charge is -2.17. The van der Waals surface area contributed by atoms with E-state index in [1.807, 2.05) is 0 Å². The molecule has 1 aliphatic heterocycles. The highest BCUT2D eigenvalue weighted by atomic mass is 32.1. The molecule has 0 unspecified atom stereocenters. The Hall–Kier alpha value is -3.01. The maximum absolute atomic E-state index is 12.5. The van der Waals surface area contributed by atoms with E-state index in [-0.39, 0.29) is 35.5 Å². The van der Waals surface area contributed by atoms with Gasteiger partial charge in [-0.15, -0.1) is 5.10 Å². The fourth-order valence-electron chi connectivity index (χ4n) is 2.63. The van der Waals surface area contributed by atoms with Crippen molar-refractivity contribution in [2.45, 2.75) is 6.42 Å². The van der Waals surface area contributed by atoms with Crippen LogP contribution in [0.4, 0.5) is 10.7 Å². The molecular formula is C16H16N4O5S. The SMILES string of the molecule is COC(=O)c1nnsc1NC(=O)[C@H]1CC(=O)N(c2cccc(OC)c2)C1. The van der Waals surface area contributed by atoms with Crippen molar-refractivity contribution in [1.82, 2.24) is 9.59 Å². The summed E-state index contributed by atoms with van der Waals surface area (Å²) in [6, 6.07) is 7.07. The number of anilines is 2. The zero-order chi connectivity index (χ0) is 18.7. The number of methoxy groups -OCH3 is 2. The van der Waals surface area contributed by atoms with Crippen molar-refractivity contribution in [1.29, 1.82) is 0 Å². The molecule has 3 rings (SSSR count). The van der Waals surface area contributed by atoms with Gasteiger partial charge in [0.1, 0.15) is 5.75 Å². The number of esters is 1. The van der Waals surface area contributed by atoms with Crippen LogP contribution in [-0.2, 0) is 14.3 Å². The van der Waals surface area contributed by atoms with Gasteiger partial charge in [0.05, 0.1) is 20.1 Å². The zero-order valence-corrected chi connectivity index (χ0v) is 14.9. The Morgan fingerprint density at radius 3 is 2.88 bits per heavy atom. The number of nitrogens with zero attached hydrogens (tertiary/aromatic N) is 3. The summed E-state index contributed by atoms with van der Waals surface area (Å²) >= 11 is 0.874. The van der Waals surface area contributed by atoms with Gasteiger partial charge >= 0.3 is 5.97 Å². The lowest BCUT2D eigenvalue weighted by molar-refractivity contribution is -0.122.